The number of nitrogens with zero attached hydrogens (tertiary/aromatic N) is 5. The van der Waals surface area contributed by atoms with Gasteiger partial charge in [-0.1, -0.05) is 6.58 Å². The predicted octanol–water partition coefficient (Wildman–Crippen LogP) is 2.34. The Balaban J connectivity index is 1.75. The molecule has 1 N–H and O–H groups in total. The molecule has 11 heteroatoms. The number of nitrogens with one attached hydrogen (secondary N) is 1. The van der Waals surface area contributed by atoms with Crippen LogP contribution in [0.2, 0.25) is 0 Å². The maximum absolute atomic E-state index is 15.4. The third-order valence-electron chi connectivity index (χ3n) is 5.71. The summed E-state index contributed by atoms with van der Waals surface area (Å²) in [5.74, 6) is -1.37. The van der Waals surface area contributed by atoms with Crippen molar-refractivity contribution < 1.29 is 22.8 Å². The van der Waals surface area contributed by atoms with Crippen LogP contribution in [0.4, 0.5) is 19.0 Å². The molecular formula is C20H21F3N6O2. The average molecular weight is 434 g/mol. The van der Waals surface area contributed by atoms with E-state index in [4.69, 9.17) is 0 Å². The van der Waals surface area contributed by atoms with Crippen LogP contribution in [0.3, 0.4) is 0 Å². The molecule has 0 aromatic carbocycles. The second-order valence-electron chi connectivity index (χ2n) is 7.52. The van der Waals surface area contributed by atoms with Crippen molar-refractivity contribution in [1.82, 2.24) is 25.0 Å². The van der Waals surface area contributed by atoms with E-state index < -0.39 is 18.3 Å². The lowest BCUT2D eigenvalue weighted by molar-refractivity contribution is -0.127. The van der Waals surface area contributed by atoms with Crippen LogP contribution >= 0.6 is 0 Å². The van der Waals surface area contributed by atoms with Crippen LogP contribution in [-0.2, 0) is 11.3 Å². The van der Waals surface area contributed by atoms with Gasteiger partial charge in [-0.25, -0.2) is 14.1 Å². The first-order valence-corrected chi connectivity index (χ1v) is 9.79. The Hall–Kier alpha value is -3.37. The van der Waals surface area contributed by atoms with Crippen LogP contribution < -0.4 is 10.2 Å². The molecule has 0 radical (unpaired) electrons. The van der Waals surface area contributed by atoms with Crippen molar-refractivity contribution in [2.45, 2.75) is 32.0 Å². The molecule has 4 rings (SSSR count). The van der Waals surface area contributed by atoms with Crippen molar-refractivity contribution >= 4 is 17.6 Å². The van der Waals surface area contributed by atoms with E-state index in [9.17, 15) is 18.4 Å². The Labute approximate surface area is 176 Å². The third kappa shape index (κ3) is 3.64. The molecule has 31 heavy (non-hydrogen) atoms. The lowest BCUT2D eigenvalue weighted by Crippen LogP contribution is -2.48. The minimum atomic E-state index is -2.85. The van der Waals surface area contributed by atoms with Gasteiger partial charge in [0.25, 0.3) is 5.91 Å². The van der Waals surface area contributed by atoms with Gasteiger partial charge in [-0.05, 0) is 18.9 Å². The quantitative estimate of drug-likeness (QED) is 0.731. The van der Waals surface area contributed by atoms with E-state index in [0.717, 1.165) is 12.6 Å². The fourth-order valence-corrected chi connectivity index (χ4v) is 4.05. The number of anilines is 1. The van der Waals surface area contributed by atoms with Gasteiger partial charge < -0.3 is 15.1 Å². The smallest absolute Gasteiger partial charge is 0.333 e. The number of pyridine rings is 1. The summed E-state index contributed by atoms with van der Waals surface area (Å²) in [6.07, 6.45) is 4.94. The van der Waals surface area contributed by atoms with E-state index in [-0.39, 0.29) is 46.7 Å². The number of halogens is 3. The molecule has 0 saturated carbocycles. The van der Waals surface area contributed by atoms with Gasteiger partial charge in [-0.3, -0.25) is 9.59 Å². The molecular weight excluding hydrogens is 413 g/mol. The number of hydrogen-bond acceptors (Lipinski definition) is 5. The second kappa shape index (κ2) is 8.05. The van der Waals surface area contributed by atoms with E-state index in [1.807, 2.05) is 0 Å². The highest BCUT2D eigenvalue weighted by atomic mass is 19.3. The molecule has 1 saturated heterocycles. The number of carbonyl (C=O) groups excluding carboxylic acids is 2. The molecule has 0 aliphatic carbocycles. The van der Waals surface area contributed by atoms with Gasteiger partial charge in [-0.15, -0.1) is 0 Å². The number of amides is 2. The topological polar surface area (TPSA) is 83.4 Å². The number of fused-ring (bicyclic) bond motifs is 1. The maximum atomic E-state index is 15.4. The zero-order chi connectivity index (χ0) is 22.3. The summed E-state index contributed by atoms with van der Waals surface area (Å²) >= 11 is 0. The number of aromatic nitrogens is 3. The fourth-order valence-electron chi connectivity index (χ4n) is 4.05. The van der Waals surface area contributed by atoms with Gasteiger partial charge in [0.05, 0.1) is 17.5 Å². The van der Waals surface area contributed by atoms with Crippen molar-refractivity contribution in [3.63, 3.8) is 0 Å². The first-order valence-electron chi connectivity index (χ1n) is 9.79. The van der Waals surface area contributed by atoms with Crippen molar-refractivity contribution in [2.24, 2.45) is 0 Å². The summed E-state index contributed by atoms with van der Waals surface area (Å²) in [5, 5.41) is 6.17. The molecule has 2 amide bonds. The molecule has 2 aromatic heterocycles. The monoisotopic (exact) mass is 434 g/mol. The van der Waals surface area contributed by atoms with Gasteiger partial charge in [0, 0.05) is 50.0 Å². The number of hydrogen-bond donors (Lipinski definition) is 1. The lowest BCUT2D eigenvalue weighted by Gasteiger charge is -2.38. The van der Waals surface area contributed by atoms with E-state index in [2.05, 4.69) is 22.0 Å². The van der Waals surface area contributed by atoms with Gasteiger partial charge in [-0.2, -0.15) is 13.9 Å². The Kier molecular flexibility index (Phi) is 5.42. The molecule has 1 fully saturated rings. The fraction of sp³-hybridized carbons (Fsp3) is 0.400. The Morgan fingerprint density at radius 1 is 1.45 bits per heavy atom. The first kappa shape index (κ1) is 20.9. The van der Waals surface area contributed by atoms with E-state index >= 15 is 4.39 Å². The van der Waals surface area contributed by atoms with E-state index in [1.54, 1.807) is 16.8 Å². The molecule has 0 spiro atoms. The molecule has 2 aliphatic heterocycles. The zero-order valence-corrected chi connectivity index (χ0v) is 16.8. The summed E-state index contributed by atoms with van der Waals surface area (Å²) in [4.78, 5) is 32.0. The highest BCUT2D eigenvalue weighted by molar-refractivity contribution is 6.04. The lowest BCUT2D eigenvalue weighted by atomic mass is 10.0. The van der Waals surface area contributed by atoms with E-state index in [0.29, 0.717) is 24.2 Å². The molecule has 1 unspecified atom stereocenters. The standard InChI is InChI=1S/C20H21F3N6O2/c1-3-14(30)28-6-4-5-12(10-28)27(2)18-16(21)13-8-24-19(31)15(13)17(26-18)11-7-25-29(9-11)20(22)23/h3,7,9,12,20H,1,4-6,8,10H2,2H3,(H,24,31). The molecule has 4 heterocycles. The van der Waals surface area contributed by atoms with Gasteiger partial charge >= 0.3 is 6.55 Å². The number of likely N-dealkylation sites (N-methyl/N-ethyl adjacent to an activating group) is 1. The summed E-state index contributed by atoms with van der Waals surface area (Å²) in [6, 6.07) is -0.209. The highest BCUT2D eigenvalue weighted by Crippen LogP contribution is 2.35. The Bertz CT molecular complexity index is 1050. The molecule has 8 nitrogen and oxygen atoms in total. The Morgan fingerprint density at radius 3 is 2.90 bits per heavy atom. The summed E-state index contributed by atoms with van der Waals surface area (Å²) in [5.41, 5.74) is 0.442. The van der Waals surface area contributed by atoms with Gasteiger partial charge in [0.1, 0.15) is 0 Å². The number of carbonyl (C=O) groups is 2. The Morgan fingerprint density at radius 2 is 2.23 bits per heavy atom. The zero-order valence-electron chi connectivity index (χ0n) is 16.8. The number of rotatable bonds is 5. The van der Waals surface area contributed by atoms with Crippen molar-refractivity contribution in [2.75, 3.05) is 25.0 Å². The minimum absolute atomic E-state index is 0.00653. The third-order valence-corrected chi connectivity index (χ3v) is 5.71. The largest absolute Gasteiger partial charge is 0.352 e. The molecule has 2 aliphatic rings. The predicted molar refractivity (Wildman–Crippen MR) is 106 cm³/mol. The van der Waals surface area contributed by atoms with Crippen LogP contribution in [0, 0.1) is 5.82 Å². The van der Waals surface area contributed by atoms with Crippen molar-refractivity contribution in [3.05, 3.63) is 42.0 Å². The van der Waals surface area contributed by atoms with Crippen LogP contribution in [0.5, 0.6) is 0 Å². The number of likely N-dealkylation sites (tertiary alicyclic amines) is 1. The summed E-state index contributed by atoms with van der Waals surface area (Å²) in [6.45, 7) is 1.59. The number of piperidine rings is 1. The average Bonchev–Trinajstić information content (AvgIpc) is 3.41. The van der Waals surface area contributed by atoms with Crippen LogP contribution in [0.1, 0.15) is 35.3 Å². The van der Waals surface area contributed by atoms with Crippen LogP contribution in [-0.4, -0.2) is 57.7 Å². The van der Waals surface area contributed by atoms with Crippen LogP contribution in [0.15, 0.2) is 25.0 Å². The second-order valence-corrected chi connectivity index (χ2v) is 7.52. The van der Waals surface area contributed by atoms with Gasteiger partial charge in [0.15, 0.2) is 11.6 Å². The first-order chi connectivity index (χ1) is 14.8. The summed E-state index contributed by atoms with van der Waals surface area (Å²) < 4.78 is 41.8. The SMILES string of the molecule is C=CC(=O)N1CCCC(N(C)c2nc(-c3cnn(C(F)F)c3)c3c(c2F)CNC3=O)C1. The van der Waals surface area contributed by atoms with Crippen molar-refractivity contribution in [1.29, 1.82) is 0 Å². The number of alkyl halides is 2. The molecule has 0 bridgehead atoms. The van der Waals surface area contributed by atoms with Crippen LogP contribution in [0.25, 0.3) is 11.3 Å². The maximum Gasteiger partial charge on any atom is 0.333 e. The van der Waals surface area contributed by atoms with Gasteiger partial charge in [0.2, 0.25) is 5.91 Å². The minimum Gasteiger partial charge on any atom is -0.352 e. The molecule has 2 aromatic rings. The summed E-state index contributed by atoms with van der Waals surface area (Å²) in [7, 11) is 1.67. The normalized spacial score (nSPS) is 18.2. The molecule has 164 valence electrons. The van der Waals surface area contributed by atoms with E-state index in [1.165, 1.54) is 12.3 Å². The molecule has 1 atom stereocenters. The van der Waals surface area contributed by atoms with Crippen molar-refractivity contribution in [3.8, 4) is 11.3 Å². The highest BCUT2D eigenvalue weighted by Gasteiger charge is 2.34.